The number of anilines is 1. The van der Waals surface area contributed by atoms with Crippen molar-refractivity contribution in [1.29, 1.82) is 0 Å². The van der Waals surface area contributed by atoms with Gasteiger partial charge in [0.05, 0.1) is 33.9 Å². The summed E-state index contributed by atoms with van der Waals surface area (Å²) >= 11 is 1.36. The Kier molecular flexibility index (Phi) is 7.29. The van der Waals surface area contributed by atoms with Crippen molar-refractivity contribution in [2.75, 3.05) is 31.2 Å². The van der Waals surface area contributed by atoms with Gasteiger partial charge < -0.3 is 24.2 Å². The summed E-state index contributed by atoms with van der Waals surface area (Å²) in [6.45, 7) is 6.98. The number of carbonyl (C=O) groups is 1. The largest absolute Gasteiger partial charge is 0.467 e. The molecule has 0 fully saturated rings. The second-order valence-electron chi connectivity index (χ2n) is 7.66. The van der Waals surface area contributed by atoms with Gasteiger partial charge in [0.25, 0.3) is 0 Å². The number of para-hydroxylation sites is 1. The molecule has 1 aliphatic rings. The number of fused-ring (bicyclic) bond motifs is 2. The summed E-state index contributed by atoms with van der Waals surface area (Å²) < 4.78 is 18.3. The Morgan fingerprint density at radius 2 is 2.03 bits per heavy atom. The number of rotatable bonds is 9. The number of benzene rings is 2. The number of hydrogen-bond donors (Lipinski definition) is 1. The molecule has 178 valence electrons. The van der Waals surface area contributed by atoms with Gasteiger partial charge >= 0.3 is 5.97 Å². The van der Waals surface area contributed by atoms with Crippen LogP contribution in [0.15, 0.2) is 36.4 Å². The van der Waals surface area contributed by atoms with Crippen LogP contribution >= 0.6 is 11.3 Å². The minimum atomic E-state index is -0.975. The van der Waals surface area contributed by atoms with Crippen molar-refractivity contribution in [3.05, 3.63) is 51.8 Å². The summed E-state index contributed by atoms with van der Waals surface area (Å²) in [4.78, 5) is 32.1. The molecule has 0 radical (unpaired) electrons. The minimum Gasteiger partial charge on any atom is -0.467 e. The fraction of sp³-hybridized carbons (Fsp3) is 0.360. The SMILES string of the molecule is CCN(CC)c1cc2c(c(=C=O)c1)=C(OC(C)OCCO)C(c1nc3ccccc3s1)C(=O)O2. The lowest BCUT2D eigenvalue weighted by atomic mass is 10.0. The van der Waals surface area contributed by atoms with Crippen LogP contribution in [-0.2, 0) is 19.1 Å². The Hall–Kier alpha value is -3.23. The van der Waals surface area contributed by atoms with Gasteiger partial charge in [-0.15, -0.1) is 11.3 Å². The summed E-state index contributed by atoms with van der Waals surface area (Å²) in [6.07, 6.45) is -0.792. The lowest BCUT2D eigenvalue weighted by Gasteiger charge is -2.27. The van der Waals surface area contributed by atoms with Crippen LogP contribution in [0, 0.1) is 0 Å². The topological polar surface area (TPSA) is 98.2 Å². The van der Waals surface area contributed by atoms with Crippen LogP contribution in [0.4, 0.5) is 5.69 Å². The maximum atomic E-state index is 13.3. The first-order valence-electron chi connectivity index (χ1n) is 11.1. The van der Waals surface area contributed by atoms with Gasteiger partial charge in [0.2, 0.25) is 0 Å². The van der Waals surface area contributed by atoms with Gasteiger partial charge in [-0.2, -0.15) is 0 Å². The number of esters is 1. The zero-order chi connectivity index (χ0) is 24.2. The molecular formula is C25H26N2O6S. The van der Waals surface area contributed by atoms with E-state index in [0.717, 1.165) is 29.0 Å². The molecule has 1 N–H and O–H groups in total. The van der Waals surface area contributed by atoms with Crippen molar-refractivity contribution in [2.45, 2.75) is 33.0 Å². The van der Waals surface area contributed by atoms with Gasteiger partial charge in [-0.05, 0) is 39.0 Å². The highest BCUT2D eigenvalue weighted by Crippen LogP contribution is 2.37. The number of thiazole rings is 1. The molecule has 2 atom stereocenters. The molecule has 8 nitrogen and oxygen atoms in total. The monoisotopic (exact) mass is 482 g/mol. The molecule has 0 saturated carbocycles. The van der Waals surface area contributed by atoms with Crippen molar-refractivity contribution >= 4 is 44.9 Å². The molecule has 0 spiro atoms. The second kappa shape index (κ2) is 10.4. The van der Waals surface area contributed by atoms with Crippen LogP contribution < -0.4 is 20.1 Å². The standard InChI is InChI=1S/C25H26N2O6S/c1-4-27(5-2)17-12-16(14-29)21-19(13-17)33-25(30)22(23(21)32-15(3)31-11-10-28)24-26-18-8-6-7-9-20(18)34-24/h6-9,12-13,15,22,28H,4-5,10-11H2,1-3H3. The van der Waals surface area contributed by atoms with E-state index < -0.39 is 18.2 Å². The van der Waals surface area contributed by atoms with E-state index in [1.807, 2.05) is 49.0 Å². The first-order chi connectivity index (χ1) is 16.5. The number of aromatic nitrogens is 1. The summed E-state index contributed by atoms with van der Waals surface area (Å²) in [6, 6.07) is 11.0. The number of aliphatic hydroxyl groups excluding tert-OH is 1. The van der Waals surface area contributed by atoms with Crippen molar-refractivity contribution < 1.29 is 28.9 Å². The molecule has 4 rings (SSSR count). The summed E-state index contributed by atoms with van der Waals surface area (Å²) in [7, 11) is 0. The molecular weight excluding hydrogens is 456 g/mol. The zero-order valence-electron chi connectivity index (χ0n) is 19.2. The Morgan fingerprint density at radius 1 is 1.26 bits per heavy atom. The van der Waals surface area contributed by atoms with Crippen LogP contribution in [0.5, 0.6) is 5.75 Å². The molecule has 0 saturated heterocycles. The Labute approximate surface area is 200 Å². The van der Waals surface area contributed by atoms with Crippen LogP contribution in [-0.4, -0.2) is 54.6 Å². The van der Waals surface area contributed by atoms with E-state index in [1.165, 1.54) is 11.3 Å². The predicted molar refractivity (Wildman–Crippen MR) is 129 cm³/mol. The molecule has 0 bridgehead atoms. The molecule has 2 unspecified atom stereocenters. The molecule has 3 aromatic rings. The maximum absolute atomic E-state index is 13.3. The first kappa shape index (κ1) is 23.9. The average Bonchev–Trinajstić information content (AvgIpc) is 3.26. The van der Waals surface area contributed by atoms with Gasteiger partial charge in [0, 0.05) is 24.8 Å². The van der Waals surface area contributed by atoms with Gasteiger partial charge in [-0.25, -0.2) is 9.78 Å². The Bertz CT molecular complexity index is 1310. The van der Waals surface area contributed by atoms with E-state index in [-0.39, 0.29) is 29.9 Å². The maximum Gasteiger partial charge on any atom is 0.329 e. The van der Waals surface area contributed by atoms with E-state index in [2.05, 4.69) is 4.98 Å². The van der Waals surface area contributed by atoms with E-state index in [4.69, 9.17) is 19.3 Å². The van der Waals surface area contributed by atoms with Crippen LogP contribution in [0.1, 0.15) is 31.7 Å². The van der Waals surface area contributed by atoms with E-state index in [1.54, 1.807) is 19.1 Å². The van der Waals surface area contributed by atoms with Crippen molar-refractivity contribution in [1.82, 2.24) is 4.98 Å². The van der Waals surface area contributed by atoms with Gasteiger partial charge in [-0.3, -0.25) is 4.79 Å². The van der Waals surface area contributed by atoms with Crippen LogP contribution in [0.25, 0.3) is 16.0 Å². The molecule has 2 heterocycles. The highest BCUT2D eigenvalue weighted by Gasteiger charge is 2.38. The Morgan fingerprint density at radius 3 is 2.71 bits per heavy atom. The molecule has 0 aliphatic carbocycles. The number of aliphatic hydroxyl groups is 1. The van der Waals surface area contributed by atoms with E-state index >= 15 is 0 Å². The molecule has 1 aliphatic heterocycles. The normalized spacial score (nSPS) is 16.1. The van der Waals surface area contributed by atoms with Crippen molar-refractivity contribution in [2.24, 2.45) is 0 Å². The molecule has 9 heteroatoms. The van der Waals surface area contributed by atoms with Crippen LogP contribution in [0.2, 0.25) is 0 Å². The van der Waals surface area contributed by atoms with Crippen molar-refractivity contribution in [3.63, 3.8) is 0 Å². The third kappa shape index (κ3) is 4.56. The summed E-state index contributed by atoms with van der Waals surface area (Å²) in [5.74, 6) is 0.918. The van der Waals surface area contributed by atoms with Gasteiger partial charge in [-0.1, -0.05) is 12.1 Å². The van der Waals surface area contributed by atoms with Gasteiger partial charge in [0.1, 0.15) is 22.5 Å². The Balaban J connectivity index is 1.96. The number of carbonyl (C=O) groups excluding carboxylic acids is 2. The van der Waals surface area contributed by atoms with Crippen molar-refractivity contribution in [3.8, 4) is 5.75 Å². The minimum absolute atomic E-state index is 0.0606. The highest BCUT2D eigenvalue weighted by atomic mass is 32.1. The third-order valence-electron chi connectivity index (χ3n) is 5.57. The second-order valence-corrected chi connectivity index (χ2v) is 8.72. The molecule has 1 aromatic heterocycles. The molecule has 2 aromatic carbocycles. The first-order valence-corrected chi connectivity index (χ1v) is 12.0. The van der Waals surface area contributed by atoms with Crippen LogP contribution in [0.3, 0.4) is 0 Å². The van der Waals surface area contributed by atoms with E-state index in [9.17, 15) is 9.59 Å². The third-order valence-corrected chi connectivity index (χ3v) is 6.68. The fourth-order valence-corrected chi connectivity index (χ4v) is 5.05. The summed E-state index contributed by atoms with van der Waals surface area (Å²) in [5.41, 5.74) is 1.50. The number of nitrogens with zero attached hydrogens (tertiary/aromatic N) is 2. The number of hydrogen-bond acceptors (Lipinski definition) is 9. The predicted octanol–water partition coefficient (Wildman–Crippen LogP) is 1.83. The summed E-state index contributed by atoms with van der Waals surface area (Å²) in [5, 5.41) is 10.2. The van der Waals surface area contributed by atoms with E-state index in [0.29, 0.717) is 10.2 Å². The fourth-order valence-electron chi connectivity index (χ4n) is 3.99. The quantitative estimate of drug-likeness (QED) is 0.280. The molecule has 0 amide bonds. The van der Waals surface area contributed by atoms with Gasteiger partial charge in [0.15, 0.2) is 12.2 Å². The highest BCUT2D eigenvalue weighted by molar-refractivity contribution is 7.18. The smallest absolute Gasteiger partial charge is 0.329 e. The number of ether oxygens (including phenoxy) is 3. The lowest BCUT2D eigenvalue weighted by molar-refractivity contribution is -0.137. The lowest BCUT2D eigenvalue weighted by Crippen LogP contribution is -2.42. The zero-order valence-corrected chi connectivity index (χ0v) is 20.1. The average molecular weight is 483 g/mol. The molecule has 34 heavy (non-hydrogen) atoms.